The highest BCUT2D eigenvalue weighted by Gasteiger charge is 2.10. The summed E-state index contributed by atoms with van der Waals surface area (Å²) in [6.45, 7) is 5.67. The van der Waals surface area contributed by atoms with Crippen LogP contribution in [0.25, 0.3) is 0 Å². The van der Waals surface area contributed by atoms with Crippen LogP contribution in [0.5, 0.6) is 0 Å². The molecule has 1 aromatic rings. The first-order valence-corrected chi connectivity index (χ1v) is 5.83. The van der Waals surface area contributed by atoms with Crippen molar-refractivity contribution in [1.82, 2.24) is 25.5 Å². The van der Waals surface area contributed by atoms with Gasteiger partial charge in [-0.2, -0.15) is 0 Å². The Bertz CT molecular complexity index is 359. The molecule has 2 heterocycles. The fraction of sp³-hybridized carbons (Fsp3) is 0.545. The Hall–Kier alpha value is -0.950. The summed E-state index contributed by atoms with van der Waals surface area (Å²) in [6.07, 6.45) is 4.54. The Morgan fingerprint density at radius 1 is 1.32 bits per heavy atom. The van der Waals surface area contributed by atoms with Crippen LogP contribution in [0.2, 0.25) is 0 Å². The van der Waals surface area contributed by atoms with Crippen molar-refractivity contribution in [1.29, 1.82) is 0 Å². The Labute approximate surface area is 125 Å². The van der Waals surface area contributed by atoms with Crippen molar-refractivity contribution in [2.75, 3.05) is 39.3 Å². The van der Waals surface area contributed by atoms with E-state index in [1.807, 2.05) is 0 Å². The zero-order valence-corrected chi connectivity index (χ0v) is 12.2. The third-order valence-electron chi connectivity index (χ3n) is 2.72. The smallest absolute Gasteiger partial charge is 0.271 e. The summed E-state index contributed by atoms with van der Waals surface area (Å²) in [5.41, 5.74) is 0.368. The van der Waals surface area contributed by atoms with E-state index in [9.17, 15) is 4.79 Å². The van der Waals surface area contributed by atoms with E-state index in [0.29, 0.717) is 12.2 Å². The molecule has 0 atom stereocenters. The van der Waals surface area contributed by atoms with Crippen molar-refractivity contribution >= 4 is 30.7 Å². The summed E-state index contributed by atoms with van der Waals surface area (Å²) >= 11 is 0. The lowest BCUT2D eigenvalue weighted by atomic mass is 10.3. The first-order chi connectivity index (χ1) is 8.36. The molecule has 1 saturated heterocycles. The molecule has 2 N–H and O–H groups in total. The van der Waals surface area contributed by atoms with E-state index in [-0.39, 0.29) is 30.7 Å². The monoisotopic (exact) mass is 307 g/mol. The third-order valence-corrected chi connectivity index (χ3v) is 2.72. The van der Waals surface area contributed by atoms with Gasteiger partial charge in [-0.15, -0.1) is 24.8 Å². The van der Waals surface area contributed by atoms with Gasteiger partial charge in [-0.1, -0.05) is 0 Å². The number of aromatic nitrogens is 2. The average molecular weight is 308 g/mol. The maximum atomic E-state index is 11.6. The van der Waals surface area contributed by atoms with Crippen LogP contribution in [0.1, 0.15) is 10.5 Å². The molecule has 0 aliphatic carbocycles. The highest BCUT2D eigenvalue weighted by molar-refractivity contribution is 5.91. The number of amides is 1. The molecule has 2 rings (SSSR count). The Morgan fingerprint density at radius 2 is 2.05 bits per heavy atom. The van der Waals surface area contributed by atoms with E-state index >= 15 is 0 Å². The van der Waals surface area contributed by atoms with Crippen molar-refractivity contribution in [3.05, 3.63) is 24.3 Å². The minimum absolute atomic E-state index is 0. The van der Waals surface area contributed by atoms with Gasteiger partial charge in [0.2, 0.25) is 0 Å². The van der Waals surface area contributed by atoms with Gasteiger partial charge >= 0.3 is 0 Å². The molecule has 0 spiro atoms. The number of hydrogen-bond acceptors (Lipinski definition) is 5. The predicted molar refractivity (Wildman–Crippen MR) is 78.2 cm³/mol. The first kappa shape index (κ1) is 18.0. The van der Waals surface area contributed by atoms with Gasteiger partial charge in [-0.05, 0) is 0 Å². The molecule has 0 unspecified atom stereocenters. The van der Waals surface area contributed by atoms with Gasteiger partial charge in [0.15, 0.2) is 0 Å². The number of piperazine rings is 1. The van der Waals surface area contributed by atoms with E-state index < -0.39 is 0 Å². The molecule has 1 aliphatic heterocycles. The van der Waals surface area contributed by atoms with Crippen molar-refractivity contribution in [2.45, 2.75) is 0 Å². The number of carbonyl (C=O) groups excluding carboxylic acids is 1. The van der Waals surface area contributed by atoms with E-state index in [0.717, 1.165) is 32.7 Å². The van der Waals surface area contributed by atoms with Gasteiger partial charge in [0.05, 0.1) is 6.20 Å². The minimum Gasteiger partial charge on any atom is -0.349 e. The van der Waals surface area contributed by atoms with Crippen LogP contribution in [0, 0.1) is 0 Å². The van der Waals surface area contributed by atoms with Gasteiger partial charge in [-0.25, -0.2) is 4.98 Å². The van der Waals surface area contributed by atoms with Crippen molar-refractivity contribution < 1.29 is 4.79 Å². The second-order valence-corrected chi connectivity index (χ2v) is 3.94. The number of rotatable bonds is 4. The minimum atomic E-state index is -0.159. The molecule has 108 valence electrons. The molecule has 0 bridgehead atoms. The maximum Gasteiger partial charge on any atom is 0.271 e. The summed E-state index contributed by atoms with van der Waals surface area (Å²) < 4.78 is 0. The normalized spacial score (nSPS) is 14.9. The SMILES string of the molecule is Cl.Cl.O=C(NCCN1CCNCC1)c1cnccn1. The molecular weight excluding hydrogens is 289 g/mol. The van der Waals surface area contributed by atoms with E-state index in [1.165, 1.54) is 12.4 Å². The van der Waals surface area contributed by atoms with Crippen LogP contribution in [0.15, 0.2) is 18.6 Å². The maximum absolute atomic E-state index is 11.6. The van der Waals surface area contributed by atoms with E-state index in [2.05, 4.69) is 25.5 Å². The molecule has 1 aromatic heterocycles. The number of hydrogen-bond donors (Lipinski definition) is 2. The zero-order chi connectivity index (χ0) is 11.9. The summed E-state index contributed by atoms with van der Waals surface area (Å²) in [5, 5.41) is 6.14. The lowest BCUT2D eigenvalue weighted by molar-refractivity contribution is 0.0942. The topological polar surface area (TPSA) is 70.2 Å². The van der Waals surface area contributed by atoms with Crippen LogP contribution >= 0.6 is 24.8 Å². The molecule has 1 aliphatic rings. The molecule has 0 saturated carbocycles. The fourth-order valence-electron chi connectivity index (χ4n) is 1.77. The lowest BCUT2D eigenvalue weighted by Gasteiger charge is -2.26. The molecule has 0 aromatic carbocycles. The van der Waals surface area contributed by atoms with Gasteiger partial charge in [-0.3, -0.25) is 14.7 Å². The van der Waals surface area contributed by atoms with Crippen LogP contribution in [0.3, 0.4) is 0 Å². The molecule has 1 fully saturated rings. The van der Waals surface area contributed by atoms with Gasteiger partial charge in [0.25, 0.3) is 5.91 Å². The van der Waals surface area contributed by atoms with Crippen LogP contribution in [-0.4, -0.2) is 60.0 Å². The summed E-state index contributed by atoms with van der Waals surface area (Å²) in [4.78, 5) is 21.8. The molecule has 1 amide bonds. The predicted octanol–water partition coefficient (Wildman–Crippen LogP) is -0.0448. The molecule has 19 heavy (non-hydrogen) atoms. The number of nitrogens with zero attached hydrogens (tertiary/aromatic N) is 3. The van der Waals surface area contributed by atoms with Crippen molar-refractivity contribution in [3.63, 3.8) is 0 Å². The van der Waals surface area contributed by atoms with E-state index in [1.54, 1.807) is 6.20 Å². The second-order valence-electron chi connectivity index (χ2n) is 3.94. The van der Waals surface area contributed by atoms with Gasteiger partial charge in [0.1, 0.15) is 5.69 Å². The summed E-state index contributed by atoms with van der Waals surface area (Å²) in [7, 11) is 0. The van der Waals surface area contributed by atoms with Crippen LogP contribution in [0.4, 0.5) is 0 Å². The zero-order valence-electron chi connectivity index (χ0n) is 10.5. The Balaban J connectivity index is 0.00000162. The molecule has 0 radical (unpaired) electrons. The first-order valence-electron chi connectivity index (χ1n) is 5.83. The number of halogens is 2. The second kappa shape index (κ2) is 9.91. The van der Waals surface area contributed by atoms with Crippen LogP contribution < -0.4 is 10.6 Å². The molecular formula is C11H19Cl2N5O. The number of carbonyl (C=O) groups is 1. The third kappa shape index (κ3) is 6.15. The van der Waals surface area contributed by atoms with E-state index in [4.69, 9.17) is 0 Å². The molecule has 8 heteroatoms. The largest absolute Gasteiger partial charge is 0.349 e. The van der Waals surface area contributed by atoms with Gasteiger partial charge in [0, 0.05) is 51.7 Å². The van der Waals surface area contributed by atoms with Gasteiger partial charge < -0.3 is 10.6 Å². The molecule has 6 nitrogen and oxygen atoms in total. The Kier molecular flexibility index (Phi) is 9.42. The van der Waals surface area contributed by atoms with Crippen LogP contribution in [-0.2, 0) is 0 Å². The standard InChI is InChI=1S/C11H17N5O.2ClH/c17-11(10-9-13-1-2-14-10)15-5-8-16-6-3-12-4-7-16;;/h1-2,9,12H,3-8H2,(H,15,17);2*1H. The fourth-order valence-corrected chi connectivity index (χ4v) is 1.77. The average Bonchev–Trinajstić information content (AvgIpc) is 2.41. The Morgan fingerprint density at radius 3 is 2.68 bits per heavy atom. The highest BCUT2D eigenvalue weighted by atomic mass is 35.5. The summed E-state index contributed by atoms with van der Waals surface area (Å²) in [5.74, 6) is -0.159. The summed E-state index contributed by atoms with van der Waals surface area (Å²) in [6, 6.07) is 0. The lowest BCUT2D eigenvalue weighted by Crippen LogP contribution is -2.46. The van der Waals surface area contributed by atoms with Crippen molar-refractivity contribution in [3.8, 4) is 0 Å². The quantitative estimate of drug-likeness (QED) is 0.816. The highest BCUT2D eigenvalue weighted by Crippen LogP contribution is 1.92. The number of nitrogens with one attached hydrogen (secondary N) is 2. The van der Waals surface area contributed by atoms with Crippen molar-refractivity contribution in [2.24, 2.45) is 0 Å².